The van der Waals surface area contributed by atoms with Crippen molar-refractivity contribution in [2.24, 2.45) is 0 Å². The van der Waals surface area contributed by atoms with Crippen molar-refractivity contribution in [1.29, 1.82) is 0 Å². The summed E-state index contributed by atoms with van der Waals surface area (Å²) in [6.07, 6.45) is -1.59. The molecule has 1 fully saturated rings. The van der Waals surface area contributed by atoms with Crippen LogP contribution in [0.5, 0.6) is 0 Å². The zero-order chi connectivity index (χ0) is 27.2. The molecule has 10 heteroatoms. The van der Waals surface area contributed by atoms with Crippen molar-refractivity contribution in [2.45, 2.75) is 18.7 Å². The van der Waals surface area contributed by atoms with E-state index in [0.717, 1.165) is 5.56 Å². The van der Waals surface area contributed by atoms with E-state index in [4.69, 9.17) is 16.3 Å². The fraction of sp³-hybridized carbons (Fsp3) is 0.250. The molecular weight excluding hydrogens is 511 g/mol. The van der Waals surface area contributed by atoms with E-state index in [9.17, 15) is 18.8 Å². The highest BCUT2D eigenvalue weighted by atomic mass is 35.5. The lowest BCUT2D eigenvalue weighted by Crippen LogP contribution is -2.47. The van der Waals surface area contributed by atoms with E-state index in [-0.39, 0.29) is 18.0 Å². The molecule has 0 bridgehead atoms. The van der Waals surface area contributed by atoms with Crippen molar-refractivity contribution >= 4 is 35.2 Å². The SMILES string of the molecule is CN(C)CCNC(=O)[C@@H]1[C@@H](c2cccc(NC(=O)c3ccccc3F)c2)OC(=O)N1Cc1cccc(Cl)c1. The minimum Gasteiger partial charge on any atom is -0.438 e. The van der Waals surface area contributed by atoms with Crippen LogP contribution in [0.4, 0.5) is 14.9 Å². The van der Waals surface area contributed by atoms with Crippen LogP contribution in [-0.4, -0.2) is 60.9 Å². The molecule has 1 heterocycles. The van der Waals surface area contributed by atoms with Gasteiger partial charge < -0.3 is 20.3 Å². The van der Waals surface area contributed by atoms with Gasteiger partial charge in [0.1, 0.15) is 5.82 Å². The number of benzene rings is 3. The maximum Gasteiger partial charge on any atom is 0.411 e. The first-order valence-corrected chi connectivity index (χ1v) is 12.4. The average Bonchev–Trinajstić information content (AvgIpc) is 3.20. The smallest absolute Gasteiger partial charge is 0.411 e. The third-order valence-electron chi connectivity index (χ3n) is 6.05. The van der Waals surface area contributed by atoms with Crippen molar-refractivity contribution in [3.8, 4) is 0 Å². The number of amides is 3. The molecule has 4 rings (SSSR count). The lowest BCUT2D eigenvalue weighted by Gasteiger charge is -2.25. The Morgan fingerprint density at radius 2 is 1.82 bits per heavy atom. The number of ether oxygens (including phenoxy) is 1. The summed E-state index contributed by atoms with van der Waals surface area (Å²) in [5.74, 6) is -1.63. The summed E-state index contributed by atoms with van der Waals surface area (Å²) in [4.78, 5) is 42.3. The standard InChI is InChI=1S/C28H28ClFN4O4/c1-33(2)14-13-31-27(36)24-25(38-28(37)34(24)17-18-7-5-9-20(29)15-18)19-8-6-10-21(16-19)32-26(35)22-11-3-4-12-23(22)30/h3-12,15-16,24-25H,13-14,17H2,1-2H3,(H,31,36)(H,32,35)/t24-,25+/m0/s1. The van der Waals surface area contributed by atoms with Gasteiger partial charge in [-0.1, -0.05) is 48.0 Å². The highest BCUT2D eigenvalue weighted by Crippen LogP contribution is 2.35. The van der Waals surface area contributed by atoms with Crippen molar-refractivity contribution in [1.82, 2.24) is 15.1 Å². The van der Waals surface area contributed by atoms with Gasteiger partial charge in [-0.3, -0.25) is 14.5 Å². The molecular formula is C28H28ClFN4O4. The molecule has 1 aliphatic heterocycles. The number of carbonyl (C=O) groups is 3. The number of hydrogen-bond acceptors (Lipinski definition) is 5. The Morgan fingerprint density at radius 3 is 2.55 bits per heavy atom. The Balaban J connectivity index is 1.60. The number of nitrogens with one attached hydrogen (secondary N) is 2. The Kier molecular flexibility index (Phi) is 8.60. The van der Waals surface area contributed by atoms with Crippen molar-refractivity contribution in [3.63, 3.8) is 0 Å². The third-order valence-corrected chi connectivity index (χ3v) is 6.28. The molecule has 8 nitrogen and oxygen atoms in total. The maximum absolute atomic E-state index is 14.1. The predicted molar refractivity (Wildman–Crippen MR) is 142 cm³/mol. The summed E-state index contributed by atoms with van der Waals surface area (Å²) in [6.45, 7) is 1.11. The fourth-order valence-electron chi connectivity index (χ4n) is 4.19. The number of hydrogen-bond donors (Lipinski definition) is 2. The molecule has 198 valence electrons. The van der Waals surface area contributed by atoms with Gasteiger partial charge in [-0.15, -0.1) is 0 Å². The Hall–Kier alpha value is -3.95. The van der Waals surface area contributed by atoms with Crippen LogP contribution in [0.25, 0.3) is 0 Å². The summed E-state index contributed by atoms with van der Waals surface area (Å²) < 4.78 is 19.8. The minimum absolute atomic E-state index is 0.101. The Labute approximate surface area is 225 Å². The number of cyclic esters (lactones) is 1. The second-order valence-corrected chi connectivity index (χ2v) is 9.60. The topological polar surface area (TPSA) is 91.0 Å². The maximum atomic E-state index is 14.1. The first-order valence-electron chi connectivity index (χ1n) is 12.0. The van der Waals surface area contributed by atoms with Crippen LogP contribution in [0.2, 0.25) is 5.02 Å². The number of nitrogens with zero attached hydrogens (tertiary/aromatic N) is 2. The highest BCUT2D eigenvalue weighted by molar-refractivity contribution is 6.30. The van der Waals surface area contributed by atoms with Crippen LogP contribution in [0.15, 0.2) is 72.8 Å². The quantitative estimate of drug-likeness (QED) is 0.419. The number of rotatable bonds is 9. The van der Waals surface area contributed by atoms with Crippen molar-refractivity contribution in [2.75, 3.05) is 32.5 Å². The number of likely N-dealkylation sites (N-methyl/N-ethyl adjacent to an activating group) is 1. The second-order valence-electron chi connectivity index (χ2n) is 9.16. The monoisotopic (exact) mass is 538 g/mol. The van der Waals surface area contributed by atoms with E-state index in [2.05, 4.69) is 10.6 Å². The summed E-state index contributed by atoms with van der Waals surface area (Å²) in [6, 6.07) is 18.3. The second kappa shape index (κ2) is 12.1. The normalized spacial score (nSPS) is 16.9. The third kappa shape index (κ3) is 6.48. The fourth-order valence-corrected chi connectivity index (χ4v) is 4.40. The van der Waals surface area contributed by atoms with E-state index in [1.807, 2.05) is 25.1 Å². The van der Waals surface area contributed by atoms with Crippen LogP contribution < -0.4 is 10.6 Å². The van der Waals surface area contributed by atoms with Gasteiger partial charge in [0.25, 0.3) is 5.91 Å². The molecule has 0 aliphatic carbocycles. The van der Waals surface area contributed by atoms with Gasteiger partial charge in [0, 0.05) is 23.8 Å². The molecule has 2 atom stereocenters. The van der Waals surface area contributed by atoms with Gasteiger partial charge in [-0.25, -0.2) is 9.18 Å². The summed E-state index contributed by atoms with van der Waals surface area (Å²) in [5.41, 5.74) is 1.51. The van der Waals surface area contributed by atoms with Crippen LogP contribution in [0, 0.1) is 5.82 Å². The van der Waals surface area contributed by atoms with Gasteiger partial charge in [0.2, 0.25) is 5.91 Å². The molecule has 3 amide bonds. The van der Waals surface area contributed by atoms with E-state index < -0.39 is 30.0 Å². The molecule has 1 aliphatic rings. The lowest BCUT2D eigenvalue weighted by molar-refractivity contribution is -0.126. The van der Waals surface area contributed by atoms with Crippen LogP contribution in [0.1, 0.15) is 27.6 Å². The zero-order valence-corrected chi connectivity index (χ0v) is 21.7. The highest BCUT2D eigenvalue weighted by Gasteiger charge is 2.47. The van der Waals surface area contributed by atoms with E-state index in [1.165, 1.54) is 23.1 Å². The summed E-state index contributed by atoms with van der Waals surface area (Å²) in [7, 11) is 3.79. The molecule has 0 unspecified atom stereocenters. The van der Waals surface area contributed by atoms with E-state index in [1.54, 1.807) is 48.5 Å². The van der Waals surface area contributed by atoms with Gasteiger partial charge in [-0.2, -0.15) is 0 Å². The molecule has 38 heavy (non-hydrogen) atoms. The largest absolute Gasteiger partial charge is 0.438 e. The van der Waals surface area contributed by atoms with Crippen molar-refractivity contribution < 1.29 is 23.5 Å². The molecule has 0 aromatic heterocycles. The van der Waals surface area contributed by atoms with Crippen LogP contribution >= 0.6 is 11.6 Å². The molecule has 0 saturated carbocycles. The van der Waals surface area contributed by atoms with Crippen molar-refractivity contribution in [3.05, 3.63) is 100 Å². The van der Waals surface area contributed by atoms with Gasteiger partial charge in [0.05, 0.1) is 12.1 Å². The molecule has 3 aromatic rings. The van der Waals surface area contributed by atoms with Gasteiger partial charge >= 0.3 is 6.09 Å². The first kappa shape index (κ1) is 27.1. The van der Waals surface area contributed by atoms with Crippen LogP contribution in [-0.2, 0) is 16.1 Å². The zero-order valence-electron chi connectivity index (χ0n) is 21.0. The van der Waals surface area contributed by atoms with Gasteiger partial charge in [0.15, 0.2) is 12.1 Å². The van der Waals surface area contributed by atoms with Gasteiger partial charge in [-0.05, 0) is 61.6 Å². The molecule has 0 spiro atoms. The number of anilines is 1. The van der Waals surface area contributed by atoms with Crippen LogP contribution in [0.3, 0.4) is 0 Å². The summed E-state index contributed by atoms with van der Waals surface area (Å²) in [5, 5.41) is 6.07. The molecule has 2 N–H and O–H groups in total. The molecule has 0 radical (unpaired) electrons. The number of halogens is 2. The Morgan fingerprint density at radius 1 is 1.05 bits per heavy atom. The van der Waals surface area contributed by atoms with E-state index >= 15 is 0 Å². The summed E-state index contributed by atoms with van der Waals surface area (Å²) >= 11 is 6.12. The van der Waals surface area contributed by atoms with E-state index in [0.29, 0.717) is 29.4 Å². The Bertz CT molecular complexity index is 1340. The molecule has 1 saturated heterocycles. The number of carbonyl (C=O) groups excluding carboxylic acids is 3. The lowest BCUT2D eigenvalue weighted by atomic mass is 10.00. The first-order chi connectivity index (χ1) is 18.2. The average molecular weight is 539 g/mol. The predicted octanol–water partition coefficient (Wildman–Crippen LogP) is 4.47. The molecule has 3 aromatic carbocycles. The minimum atomic E-state index is -0.971.